The van der Waals surface area contributed by atoms with Crippen molar-refractivity contribution in [3.63, 3.8) is 0 Å². The Balaban J connectivity index is 2.45. The van der Waals surface area contributed by atoms with E-state index in [2.05, 4.69) is 0 Å². The monoisotopic (exact) mass is 275 g/mol. The van der Waals surface area contributed by atoms with Gasteiger partial charge in [0.1, 0.15) is 0 Å². The highest BCUT2D eigenvalue weighted by Crippen LogP contribution is 2.38. The summed E-state index contributed by atoms with van der Waals surface area (Å²) in [6, 6.07) is 7.43. The lowest BCUT2D eigenvalue weighted by molar-refractivity contribution is -0.153. The molecule has 1 aliphatic rings. The summed E-state index contributed by atoms with van der Waals surface area (Å²) in [6.45, 7) is 5.86. The average molecular weight is 275 g/mol. The van der Waals surface area contributed by atoms with Gasteiger partial charge in [-0.2, -0.15) is 0 Å². The molecule has 1 fully saturated rings. The number of carbonyl (C=O) groups excluding carboxylic acids is 1. The Morgan fingerprint density at radius 2 is 1.90 bits per heavy atom. The van der Waals surface area contributed by atoms with E-state index in [0.717, 1.165) is 11.1 Å². The van der Waals surface area contributed by atoms with Gasteiger partial charge < -0.3 is 10.0 Å². The highest BCUT2D eigenvalue weighted by Gasteiger charge is 2.41. The molecule has 0 saturated carbocycles. The van der Waals surface area contributed by atoms with Crippen LogP contribution in [0.3, 0.4) is 0 Å². The predicted molar refractivity (Wildman–Crippen MR) is 76.3 cm³/mol. The first-order valence-corrected chi connectivity index (χ1v) is 7.02. The quantitative estimate of drug-likeness (QED) is 0.922. The van der Waals surface area contributed by atoms with Crippen molar-refractivity contribution in [2.45, 2.75) is 45.7 Å². The van der Waals surface area contributed by atoms with Crippen LogP contribution >= 0.6 is 0 Å². The van der Waals surface area contributed by atoms with E-state index >= 15 is 0 Å². The molecule has 20 heavy (non-hydrogen) atoms. The molecule has 1 saturated heterocycles. The fraction of sp³-hybridized carbons (Fsp3) is 0.500. The van der Waals surface area contributed by atoms with Crippen LogP contribution in [-0.4, -0.2) is 27.9 Å². The van der Waals surface area contributed by atoms with Crippen molar-refractivity contribution in [3.05, 3.63) is 35.4 Å². The van der Waals surface area contributed by atoms with E-state index in [1.54, 1.807) is 4.90 Å². The fourth-order valence-corrected chi connectivity index (χ4v) is 2.94. The summed E-state index contributed by atoms with van der Waals surface area (Å²) >= 11 is 0. The van der Waals surface area contributed by atoms with Crippen molar-refractivity contribution in [3.8, 4) is 0 Å². The molecule has 2 rings (SSSR count). The number of likely N-dealkylation sites (tertiary alicyclic amines) is 1. The minimum atomic E-state index is -0.825. The predicted octanol–water partition coefficient (Wildman–Crippen LogP) is 2.77. The second-order valence-electron chi connectivity index (χ2n) is 5.73. The van der Waals surface area contributed by atoms with Crippen LogP contribution in [0.2, 0.25) is 0 Å². The minimum absolute atomic E-state index is 0.00375. The number of aliphatic carboxylic acids is 1. The van der Waals surface area contributed by atoms with Crippen LogP contribution in [0.25, 0.3) is 0 Å². The van der Waals surface area contributed by atoms with Crippen molar-refractivity contribution in [2.75, 3.05) is 0 Å². The number of hydrogen-bond acceptors (Lipinski definition) is 2. The number of benzene rings is 1. The largest absolute Gasteiger partial charge is 0.481 e. The number of piperidine rings is 1. The number of carboxylic acid groups (broad SMARTS) is 1. The van der Waals surface area contributed by atoms with Crippen LogP contribution in [-0.2, 0) is 9.59 Å². The molecular formula is C16H21NO3. The van der Waals surface area contributed by atoms with Crippen molar-refractivity contribution in [1.82, 2.24) is 4.90 Å². The van der Waals surface area contributed by atoms with Gasteiger partial charge in [0.2, 0.25) is 5.91 Å². The third kappa shape index (κ3) is 2.69. The van der Waals surface area contributed by atoms with Crippen molar-refractivity contribution in [1.29, 1.82) is 0 Å². The second-order valence-corrected chi connectivity index (χ2v) is 5.73. The molecule has 2 atom stereocenters. The van der Waals surface area contributed by atoms with Crippen LogP contribution in [0, 0.1) is 12.8 Å². The Bertz CT molecular complexity index is 507. The van der Waals surface area contributed by atoms with Crippen LogP contribution in [0.15, 0.2) is 24.3 Å². The standard InChI is InChI=1S/C16H21NO3/c1-10(2)17-14(18)9-8-13(16(19)20)15(17)12-6-4-11(3)5-7-12/h4-7,10,13,15H,8-9H2,1-3H3,(H,19,20). The molecule has 1 heterocycles. The normalized spacial score (nSPS) is 23.2. The number of hydrogen-bond donors (Lipinski definition) is 1. The van der Waals surface area contributed by atoms with Crippen LogP contribution < -0.4 is 0 Å². The van der Waals surface area contributed by atoms with Crippen LogP contribution in [0.4, 0.5) is 0 Å². The van der Waals surface area contributed by atoms with Gasteiger partial charge in [0, 0.05) is 12.5 Å². The maximum atomic E-state index is 12.2. The molecular weight excluding hydrogens is 254 g/mol. The lowest BCUT2D eigenvalue weighted by Gasteiger charge is -2.42. The summed E-state index contributed by atoms with van der Waals surface area (Å²) in [6.07, 6.45) is 0.730. The third-order valence-corrected chi connectivity index (χ3v) is 3.93. The molecule has 0 spiro atoms. The molecule has 0 bridgehead atoms. The highest BCUT2D eigenvalue weighted by atomic mass is 16.4. The molecule has 2 unspecified atom stereocenters. The lowest BCUT2D eigenvalue weighted by atomic mass is 9.83. The number of carboxylic acids is 1. The van der Waals surface area contributed by atoms with E-state index in [-0.39, 0.29) is 18.0 Å². The highest BCUT2D eigenvalue weighted by molar-refractivity contribution is 5.82. The summed E-state index contributed by atoms with van der Waals surface area (Å²) in [4.78, 5) is 25.5. The molecule has 1 N–H and O–H groups in total. The Labute approximate surface area is 119 Å². The van der Waals surface area contributed by atoms with E-state index in [4.69, 9.17) is 0 Å². The van der Waals surface area contributed by atoms with Gasteiger partial charge in [0.05, 0.1) is 12.0 Å². The Hall–Kier alpha value is -1.84. The minimum Gasteiger partial charge on any atom is -0.481 e. The summed E-state index contributed by atoms with van der Waals surface area (Å²) in [5.41, 5.74) is 2.03. The van der Waals surface area contributed by atoms with E-state index in [9.17, 15) is 14.7 Å². The SMILES string of the molecule is Cc1ccc(C2C(C(=O)O)CCC(=O)N2C(C)C)cc1. The summed E-state index contributed by atoms with van der Waals surface area (Å²) in [7, 11) is 0. The maximum Gasteiger partial charge on any atom is 0.308 e. The van der Waals surface area contributed by atoms with Crippen molar-refractivity contribution >= 4 is 11.9 Å². The zero-order valence-corrected chi connectivity index (χ0v) is 12.2. The molecule has 0 aromatic heterocycles. The van der Waals surface area contributed by atoms with Crippen LogP contribution in [0.1, 0.15) is 43.9 Å². The van der Waals surface area contributed by atoms with E-state index in [1.807, 2.05) is 45.0 Å². The number of aryl methyl sites for hydroxylation is 1. The molecule has 4 heteroatoms. The van der Waals surface area contributed by atoms with Gasteiger partial charge in [-0.15, -0.1) is 0 Å². The number of carbonyl (C=O) groups is 2. The summed E-state index contributed by atoms with van der Waals surface area (Å²) < 4.78 is 0. The molecule has 1 aliphatic heterocycles. The molecule has 1 aromatic carbocycles. The Kier molecular flexibility index (Phi) is 4.12. The topological polar surface area (TPSA) is 57.6 Å². The summed E-state index contributed by atoms with van der Waals surface area (Å²) in [5, 5.41) is 9.47. The molecule has 108 valence electrons. The molecule has 1 aromatic rings. The third-order valence-electron chi connectivity index (χ3n) is 3.93. The first kappa shape index (κ1) is 14.6. The fourth-order valence-electron chi connectivity index (χ4n) is 2.94. The molecule has 1 amide bonds. The number of nitrogens with zero attached hydrogens (tertiary/aromatic N) is 1. The molecule has 0 aliphatic carbocycles. The number of rotatable bonds is 3. The van der Waals surface area contributed by atoms with Crippen molar-refractivity contribution < 1.29 is 14.7 Å². The molecule has 4 nitrogen and oxygen atoms in total. The van der Waals surface area contributed by atoms with Gasteiger partial charge in [0.25, 0.3) is 0 Å². The van der Waals surface area contributed by atoms with Crippen molar-refractivity contribution in [2.24, 2.45) is 5.92 Å². The number of amides is 1. The Morgan fingerprint density at radius 1 is 1.30 bits per heavy atom. The van der Waals surface area contributed by atoms with Gasteiger partial charge in [0.15, 0.2) is 0 Å². The molecule has 0 radical (unpaired) electrons. The van der Waals surface area contributed by atoms with Gasteiger partial charge >= 0.3 is 5.97 Å². The average Bonchev–Trinajstić information content (AvgIpc) is 2.38. The van der Waals surface area contributed by atoms with Gasteiger partial charge in [-0.3, -0.25) is 9.59 Å². The maximum absolute atomic E-state index is 12.2. The van der Waals surface area contributed by atoms with E-state index < -0.39 is 11.9 Å². The second kappa shape index (κ2) is 5.65. The van der Waals surface area contributed by atoms with Crippen LogP contribution in [0.5, 0.6) is 0 Å². The first-order valence-electron chi connectivity index (χ1n) is 7.02. The van der Waals surface area contributed by atoms with E-state index in [0.29, 0.717) is 12.8 Å². The summed E-state index contributed by atoms with van der Waals surface area (Å²) in [5.74, 6) is -1.31. The van der Waals surface area contributed by atoms with Gasteiger partial charge in [-0.1, -0.05) is 29.8 Å². The zero-order chi connectivity index (χ0) is 14.9. The zero-order valence-electron chi connectivity index (χ0n) is 12.2. The van der Waals surface area contributed by atoms with Gasteiger partial charge in [-0.05, 0) is 32.8 Å². The first-order chi connectivity index (χ1) is 9.41. The smallest absolute Gasteiger partial charge is 0.308 e. The Morgan fingerprint density at radius 3 is 2.40 bits per heavy atom. The lowest BCUT2D eigenvalue weighted by Crippen LogP contribution is -2.48. The van der Waals surface area contributed by atoms with E-state index in [1.165, 1.54) is 0 Å². The van der Waals surface area contributed by atoms with Gasteiger partial charge in [-0.25, -0.2) is 0 Å².